The summed E-state index contributed by atoms with van der Waals surface area (Å²) < 4.78 is 5.72. The Labute approximate surface area is 139 Å². The van der Waals surface area contributed by atoms with E-state index in [0.29, 0.717) is 22.9 Å². The molecule has 0 radical (unpaired) electrons. The van der Waals surface area contributed by atoms with Gasteiger partial charge in [-0.15, -0.1) is 10.2 Å². The molecule has 3 aromatic rings. The van der Waals surface area contributed by atoms with Gasteiger partial charge in [-0.2, -0.15) is 0 Å². The molecule has 0 aliphatic heterocycles. The van der Waals surface area contributed by atoms with Crippen molar-refractivity contribution in [2.75, 3.05) is 0 Å². The van der Waals surface area contributed by atoms with Crippen molar-refractivity contribution in [3.8, 4) is 22.9 Å². The predicted octanol–water partition coefficient (Wildman–Crippen LogP) is 3.04. The van der Waals surface area contributed by atoms with E-state index in [1.54, 1.807) is 24.3 Å². The lowest BCUT2D eigenvalue weighted by Gasteiger charge is -2.01. The summed E-state index contributed by atoms with van der Waals surface area (Å²) in [5, 5.41) is 8.12. The molecule has 0 aliphatic rings. The zero-order chi connectivity index (χ0) is 17.1. The lowest BCUT2D eigenvalue weighted by Crippen LogP contribution is -2.29. The number of nitrogens with one attached hydrogen (secondary N) is 1. The van der Waals surface area contributed by atoms with Gasteiger partial charge in [0.1, 0.15) is 0 Å². The SMILES string of the molecule is C=C(C)c1ccc(-c2nnc(-c3cccc(C(=O)NN)c3)o2)cc1. The van der Waals surface area contributed by atoms with Crippen LogP contribution < -0.4 is 11.3 Å². The molecule has 0 bridgehead atoms. The normalized spacial score (nSPS) is 10.4. The molecule has 2 aromatic carbocycles. The van der Waals surface area contributed by atoms with E-state index in [1.165, 1.54) is 0 Å². The Kier molecular flexibility index (Phi) is 4.22. The second-order valence-corrected chi connectivity index (χ2v) is 5.32. The molecule has 3 N–H and O–H groups in total. The van der Waals surface area contributed by atoms with E-state index in [9.17, 15) is 4.79 Å². The van der Waals surface area contributed by atoms with Gasteiger partial charge in [-0.05, 0) is 42.8 Å². The van der Waals surface area contributed by atoms with Gasteiger partial charge in [-0.25, -0.2) is 5.84 Å². The minimum Gasteiger partial charge on any atom is -0.416 e. The molecule has 120 valence electrons. The molecular weight excluding hydrogens is 304 g/mol. The summed E-state index contributed by atoms with van der Waals surface area (Å²) in [7, 11) is 0. The zero-order valence-corrected chi connectivity index (χ0v) is 13.1. The number of nitrogens with zero attached hydrogens (tertiary/aromatic N) is 2. The lowest BCUT2D eigenvalue weighted by molar-refractivity contribution is 0.0953. The average Bonchev–Trinajstić information content (AvgIpc) is 3.11. The van der Waals surface area contributed by atoms with Crippen LogP contribution in [-0.4, -0.2) is 16.1 Å². The third kappa shape index (κ3) is 3.09. The van der Waals surface area contributed by atoms with Gasteiger partial charge in [0, 0.05) is 16.7 Å². The molecule has 6 heteroatoms. The van der Waals surface area contributed by atoms with Crippen LogP contribution in [0.25, 0.3) is 28.5 Å². The zero-order valence-electron chi connectivity index (χ0n) is 13.1. The molecule has 3 rings (SSSR count). The largest absolute Gasteiger partial charge is 0.416 e. The van der Waals surface area contributed by atoms with E-state index in [0.717, 1.165) is 16.7 Å². The van der Waals surface area contributed by atoms with Crippen LogP contribution in [0.4, 0.5) is 0 Å². The number of aromatic nitrogens is 2. The van der Waals surface area contributed by atoms with Crippen molar-refractivity contribution in [1.82, 2.24) is 15.6 Å². The Morgan fingerprint density at radius 2 is 1.71 bits per heavy atom. The van der Waals surface area contributed by atoms with E-state index in [2.05, 4.69) is 22.2 Å². The molecule has 0 saturated heterocycles. The first-order chi connectivity index (χ1) is 11.6. The highest BCUT2D eigenvalue weighted by Gasteiger charge is 2.12. The summed E-state index contributed by atoms with van der Waals surface area (Å²) in [4.78, 5) is 11.6. The number of rotatable bonds is 4. The number of allylic oxidation sites excluding steroid dienone is 1. The Bertz CT molecular complexity index is 897. The second kappa shape index (κ2) is 6.47. The first-order valence-corrected chi connectivity index (χ1v) is 7.29. The van der Waals surface area contributed by atoms with E-state index in [1.807, 2.05) is 31.2 Å². The summed E-state index contributed by atoms with van der Waals surface area (Å²) in [5.74, 6) is 5.51. The van der Waals surface area contributed by atoms with E-state index in [4.69, 9.17) is 10.3 Å². The van der Waals surface area contributed by atoms with E-state index in [-0.39, 0.29) is 5.91 Å². The van der Waals surface area contributed by atoms with Gasteiger partial charge in [-0.1, -0.05) is 30.4 Å². The molecule has 0 fully saturated rings. The fourth-order valence-electron chi connectivity index (χ4n) is 2.23. The smallest absolute Gasteiger partial charge is 0.265 e. The number of carbonyl (C=O) groups excluding carboxylic acids is 1. The molecule has 6 nitrogen and oxygen atoms in total. The molecule has 1 heterocycles. The van der Waals surface area contributed by atoms with Crippen LogP contribution in [0.1, 0.15) is 22.8 Å². The van der Waals surface area contributed by atoms with Crippen molar-refractivity contribution < 1.29 is 9.21 Å². The Morgan fingerprint density at radius 1 is 1.04 bits per heavy atom. The Hall–Kier alpha value is -3.25. The number of amides is 1. The van der Waals surface area contributed by atoms with Gasteiger partial charge >= 0.3 is 0 Å². The summed E-state index contributed by atoms with van der Waals surface area (Å²) in [6.45, 7) is 5.86. The number of hydrogen-bond donors (Lipinski definition) is 2. The van der Waals surface area contributed by atoms with Crippen molar-refractivity contribution in [2.45, 2.75) is 6.92 Å². The maximum Gasteiger partial charge on any atom is 0.265 e. The van der Waals surface area contributed by atoms with Gasteiger partial charge in [0.05, 0.1) is 0 Å². The van der Waals surface area contributed by atoms with Crippen LogP contribution in [0.5, 0.6) is 0 Å². The summed E-state index contributed by atoms with van der Waals surface area (Å²) in [6, 6.07) is 14.5. The maximum atomic E-state index is 11.6. The fourth-order valence-corrected chi connectivity index (χ4v) is 2.23. The highest BCUT2D eigenvalue weighted by atomic mass is 16.4. The summed E-state index contributed by atoms with van der Waals surface area (Å²) in [5.41, 5.74) is 6.01. The van der Waals surface area contributed by atoms with Crippen LogP contribution in [0.3, 0.4) is 0 Å². The van der Waals surface area contributed by atoms with Gasteiger partial charge in [0.15, 0.2) is 0 Å². The first kappa shape index (κ1) is 15.6. The maximum absolute atomic E-state index is 11.6. The van der Waals surface area contributed by atoms with Crippen LogP contribution in [0, 0.1) is 0 Å². The highest BCUT2D eigenvalue weighted by molar-refractivity contribution is 5.94. The van der Waals surface area contributed by atoms with Crippen LogP contribution in [0.15, 0.2) is 59.5 Å². The number of nitrogens with two attached hydrogens (primary N) is 1. The molecular formula is C18H16N4O2. The van der Waals surface area contributed by atoms with E-state index < -0.39 is 0 Å². The predicted molar refractivity (Wildman–Crippen MR) is 91.5 cm³/mol. The molecule has 0 saturated carbocycles. The number of carbonyl (C=O) groups is 1. The van der Waals surface area contributed by atoms with Crippen LogP contribution in [-0.2, 0) is 0 Å². The third-order valence-corrected chi connectivity index (χ3v) is 3.55. The van der Waals surface area contributed by atoms with Crippen molar-refractivity contribution >= 4 is 11.5 Å². The minimum atomic E-state index is -0.382. The fraction of sp³-hybridized carbons (Fsp3) is 0.0556. The van der Waals surface area contributed by atoms with Gasteiger partial charge in [0.2, 0.25) is 11.8 Å². The Morgan fingerprint density at radius 3 is 2.33 bits per heavy atom. The quantitative estimate of drug-likeness (QED) is 0.438. The van der Waals surface area contributed by atoms with E-state index >= 15 is 0 Å². The lowest BCUT2D eigenvalue weighted by atomic mass is 10.1. The standard InChI is InChI=1S/C18H16N4O2/c1-11(2)12-6-8-13(9-7-12)17-21-22-18(24-17)15-5-3-4-14(10-15)16(23)20-19/h3-10H,1,19H2,2H3,(H,20,23). The van der Waals surface area contributed by atoms with Gasteiger partial charge < -0.3 is 4.42 Å². The first-order valence-electron chi connectivity index (χ1n) is 7.29. The van der Waals surface area contributed by atoms with Crippen molar-refractivity contribution in [3.63, 3.8) is 0 Å². The molecule has 0 spiro atoms. The third-order valence-electron chi connectivity index (χ3n) is 3.55. The number of hydrogen-bond acceptors (Lipinski definition) is 5. The average molecular weight is 320 g/mol. The summed E-state index contributed by atoms with van der Waals surface area (Å²) >= 11 is 0. The number of hydrazine groups is 1. The van der Waals surface area contributed by atoms with Crippen molar-refractivity contribution in [2.24, 2.45) is 5.84 Å². The van der Waals surface area contributed by atoms with Gasteiger partial charge in [-0.3, -0.25) is 10.2 Å². The molecule has 0 unspecified atom stereocenters. The monoisotopic (exact) mass is 320 g/mol. The molecule has 0 atom stereocenters. The number of benzene rings is 2. The molecule has 0 aliphatic carbocycles. The van der Waals surface area contributed by atoms with Crippen LogP contribution in [0.2, 0.25) is 0 Å². The minimum absolute atomic E-state index is 0.334. The van der Waals surface area contributed by atoms with Crippen molar-refractivity contribution in [3.05, 3.63) is 66.2 Å². The second-order valence-electron chi connectivity index (χ2n) is 5.32. The molecule has 1 aromatic heterocycles. The topological polar surface area (TPSA) is 94.0 Å². The Balaban J connectivity index is 1.90. The highest BCUT2D eigenvalue weighted by Crippen LogP contribution is 2.25. The summed E-state index contributed by atoms with van der Waals surface area (Å²) in [6.07, 6.45) is 0. The molecule has 24 heavy (non-hydrogen) atoms. The van der Waals surface area contributed by atoms with Crippen LogP contribution >= 0.6 is 0 Å². The van der Waals surface area contributed by atoms with Crippen molar-refractivity contribution in [1.29, 1.82) is 0 Å². The number of nitrogen functional groups attached to an aromatic ring is 1. The van der Waals surface area contributed by atoms with Gasteiger partial charge in [0.25, 0.3) is 5.91 Å². The molecule has 1 amide bonds.